The molecule has 1 aliphatic heterocycles. The number of para-hydroxylation sites is 1. The van der Waals surface area contributed by atoms with E-state index in [1.54, 1.807) is 0 Å². The Morgan fingerprint density at radius 1 is 0.759 bits per heavy atom. The maximum Gasteiger partial charge on any atom is 0.278 e. The number of benzene rings is 3. The number of nitrogens with one attached hydrogen (secondary N) is 1. The van der Waals surface area contributed by atoms with E-state index in [1.165, 1.54) is 4.90 Å². The van der Waals surface area contributed by atoms with Crippen molar-refractivity contribution in [3.8, 4) is 0 Å². The topological polar surface area (TPSA) is 49.4 Å². The molecule has 144 valence electrons. The van der Waals surface area contributed by atoms with Crippen LogP contribution in [0.25, 0.3) is 5.57 Å². The molecule has 0 radical (unpaired) electrons. The van der Waals surface area contributed by atoms with Crippen molar-refractivity contribution >= 4 is 23.1 Å². The lowest BCUT2D eigenvalue weighted by atomic mass is 9.99. The van der Waals surface area contributed by atoms with Gasteiger partial charge in [-0.2, -0.15) is 0 Å². The molecule has 0 bridgehead atoms. The van der Waals surface area contributed by atoms with Crippen LogP contribution in [0, 0.1) is 13.8 Å². The van der Waals surface area contributed by atoms with E-state index in [2.05, 4.69) is 5.32 Å². The van der Waals surface area contributed by atoms with Gasteiger partial charge in [0.05, 0.1) is 12.1 Å². The summed E-state index contributed by atoms with van der Waals surface area (Å²) >= 11 is 0. The van der Waals surface area contributed by atoms with Gasteiger partial charge < -0.3 is 5.32 Å². The van der Waals surface area contributed by atoms with E-state index in [0.29, 0.717) is 11.3 Å². The third-order valence-electron chi connectivity index (χ3n) is 5.19. The van der Waals surface area contributed by atoms with Crippen molar-refractivity contribution < 1.29 is 9.59 Å². The normalized spacial score (nSPS) is 13.9. The Labute approximate surface area is 170 Å². The van der Waals surface area contributed by atoms with Gasteiger partial charge in [-0.1, -0.05) is 66.7 Å². The van der Waals surface area contributed by atoms with Gasteiger partial charge in [-0.05, 0) is 48.2 Å². The fourth-order valence-corrected chi connectivity index (χ4v) is 3.43. The van der Waals surface area contributed by atoms with E-state index >= 15 is 0 Å². The van der Waals surface area contributed by atoms with Gasteiger partial charge in [0, 0.05) is 5.69 Å². The van der Waals surface area contributed by atoms with E-state index in [4.69, 9.17) is 0 Å². The molecule has 1 aliphatic rings. The van der Waals surface area contributed by atoms with Crippen LogP contribution >= 0.6 is 0 Å². The van der Waals surface area contributed by atoms with Gasteiger partial charge in [0.2, 0.25) is 0 Å². The highest BCUT2D eigenvalue weighted by Gasteiger charge is 2.39. The molecule has 3 aromatic rings. The first-order chi connectivity index (χ1) is 14.0. The van der Waals surface area contributed by atoms with Crippen molar-refractivity contribution in [3.05, 3.63) is 107 Å². The Bertz CT molecular complexity index is 1100. The van der Waals surface area contributed by atoms with Gasteiger partial charge in [0.25, 0.3) is 11.8 Å². The summed E-state index contributed by atoms with van der Waals surface area (Å²) in [5.74, 6) is -0.587. The number of carbonyl (C=O) groups excluding carboxylic acids is 2. The fraction of sp³-hybridized carbons (Fsp3) is 0.120. The van der Waals surface area contributed by atoms with Crippen molar-refractivity contribution in [1.82, 2.24) is 4.90 Å². The number of nitrogens with zero attached hydrogens (tertiary/aromatic N) is 1. The van der Waals surface area contributed by atoms with Crippen LogP contribution in [0.15, 0.2) is 84.6 Å². The predicted octanol–water partition coefficient (Wildman–Crippen LogP) is 4.70. The summed E-state index contributed by atoms with van der Waals surface area (Å²) in [7, 11) is 0. The Balaban J connectivity index is 1.77. The molecule has 0 saturated heterocycles. The largest absolute Gasteiger partial charge is 0.350 e. The van der Waals surface area contributed by atoms with Crippen LogP contribution in [-0.2, 0) is 16.1 Å². The minimum Gasteiger partial charge on any atom is -0.350 e. The lowest BCUT2D eigenvalue weighted by Gasteiger charge is -2.15. The van der Waals surface area contributed by atoms with Gasteiger partial charge in [-0.15, -0.1) is 0 Å². The molecule has 1 N–H and O–H groups in total. The quantitative estimate of drug-likeness (QED) is 0.651. The Kier molecular flexibility index (Phi) is 5.00. The first-order valence-electron chi connectivity index (χ1n) is 9.58. The molecule has 4 heteroatoms. The summed E-state index contributed by atoms with van der Waals surface area (Å²) in [6.07, 6.45) is 0. The fourth-order valence-electron chi connectivity index (χ4n) is 3.43. The second-order valence-corrected chi connectivity index (χ2v) is 7.22. The van der Waals surface area contributed by atoms with Gasteiger partial charge >= 0.3 is 0 Å². The van der Waals surface area contributed by atoms with Crippen molar-refractivity contribution in [3.63, 3.8) is 0 Å². The molecule has 0 atom stereocenters. The molecule has 0 unspecified atom stereocenters. The molecule has 2 amide bonds. The standard InChI is InChI=1S/C25H22N2O2/c1-17-13-14-20(15-18(17)2)22-23(26-21-11-7-4-8-12-21)25(29)27(24(22)28)16-19-9-5-3-6-10-19/h3-15,26H,16H2,1-2H3. The summed E-state index contributed by atoms with van der Waals surface area (Å²) in [5.41, 5.74) is 5.39. The first kappa shape index (κ1) is 18.7. The number of aryl methyl sites for hydroxylation is 2. The minimum absolute atomic E-state index is 0.243. The van der Waals surface area contributed by atoms with Gasteiger partial charge in [-0.3, -0.25) is 14.5 Å². The maximum atomic E-state index is 13.3. The molecule has 0 fully saturated rings. The van der Waals surface area contributed by atoms with Crippen molar-refractivity contribution in [2.75, 3.05) is 5.32 Å². The molecule has 0 spiro atoms. The smallest absolute Gasteiger partial charge is 0.278 e. The number of rotatable bonds is 5. The third-order valence-corrected chi connectivity index (χ3v) is 5.19. The molecule has 4 nitrogen and oxygen atoms in total. The van der Waals surface area contributed by atoms with E-state index in [0.717, 1.165) is 27.9 Å². The second kappa shape index (κ2) is 7.76. The summed E-state index contributed by atoms with van der Waals surface area (Å²) < 4.78 is 0. The van der Waals surface area contributed by atoms with Crippen molar-refractivity contribution in [1.29, 1.82) is 0 Å². The number of amides is 2. The lowest BCUT2D eigenvalue weighted by Crippen LogP contribution is -2.31. The third kappa shape index (κ3) is 3.69. The zero-order chi connectivity index (χ0) is 20.4. The predicted molar refractivity (Wildman–Crippen MR) is 115 cm³/mol. The van der Waals surface area contributed by atoms with E-state index in [-0.39, 0.29) is 18.4 Å². The highest BCUT2D eigenvalue weighted by Crippen LogP contribution is 2.32. The lowest BCUT2D eigenvalue weighted by molar-refractivity contribution is -0.137. The number of hydrogen-bond acceptors (Lipinski definition) is 3. The number of carbonyl (C=O) groups is 2. The van der Waals surface area contributed by atoms with Crippen LogP contribution in [0.3, 0.4) is 0 Å². The number of anilines is 1. The molecule has 1 heterocycles. The van der Waals surface area contributed by atoms with Crippen LogP contribution < -0.4 is 5.32 Å². The molecule has 3 aromatic carbocycles. The maximum absolute atomic E-state index is 13.3. The average molecular weight is 382 g/mol. The summed E-state index contributed by atoms with van der Waals surface area (Å²) in [4.78, 5) is 27.9. The molecular weight excluding hydrogens is 360 g/mol. The Hall–Kier alpha value is -3.66. The van der Waals surface area contributed by atoms with Crippen LogP contribution in [0.1, 0.15) is 22.3 Å². The summed E-state index contributed by atoms with van der Waals surface area (Å²) in [6.45, 7) is 4.28. The molecular formula is C25H22N2O2. The van der Waals surface area contributed by atoms with Crippen molar-refractivity contribution in [2.45, 2.75) is 20.4 Å². The van der Waals surface area contributed by atoms with Crippen LogP contribution in [0.2, 0.25) is 0 Å². The van der Waals surface area contributed by atoms with E-state index in [9.17, 15) is 9.59 Å². The van der Waals surface area contributed by atoms with Gasteiger partial charge in [0.1, 0.15) is 5.70 Å². The molecule has 29 heavy (non-hydrogen) atoms. The Morgan fingerprint density at radius 3 is 2.07 bits per heavy atom. The highest BCUT2D eigenvalue weighted by atomic mass is 16.2. The number of hydrogen-bond donors (Lipinski definition) is 1. The Morgan fingerprint density at radius 2 is 1.41 bits per heavy atom. The van der Waals surface area contributed by atoms with Crippen LogP contribution in [0.5, 0.6) is 0 Å². The SMILES string of the molecule is Cc1ccc(C2=C(Nc3ccccc3)C(=O)N(Cc3ccccc3)C2=O)cc1C. The first-order valence-corrected chi connectivity index (χ1v) is 9.58. The van der Waals surface area contributed by atoms with Gasteiger partial charge in [-0.25, -0.2) is 0 Å². The minimum atomic E-state index is -0.309. The molecule has 0 saturated carbocycles. The molecule has 0 aliphatic carbocycles. The second-order valence-electron chi connectivity index (χ2n) is 7.22. The summed E-state index contributed by atoms with van der Waals surface area (Å²) in [6, 6.07) is 24.9. The van der Waals surface area contributed by atoms with Gasteiger partial charge in [0.15, 0.2) is 0 Å². The summed E-state index contributed by atoms with van der Waals surface area (Å²) in [5, 5.41) is 3.19. The van der Waals surface area contributed by atoms with Crippen LogP contribution in [0.4, 0.5) is 5.69 Å². The molecule has 4 rings (SSSR count). The zero-order valence-corrected chi connectivity index (χ0v) is 16.5. The highest BCUT2D eigenvalue weighted by molar-refractivity contribution is 6.36. The van der Waals surface area contributed by atoms with Crippen LogP contribution in [-0.4, -0.2) is 16.7 Å². The molecule has 0 aromatic heterocycles. The zero-order valence-electron chi connectivity index (χ0n) is 16.5. The number of imide groups is 1. The average Bonchev–Trinajstić information content (AvgIpc) is 2.96. The monoisotopic (exact) mass is 382 g/mol. The van der Waals surface area contributed by atoms with E-state index < -0.39 is 0 Å². The van der Waals surface area contributed by atoms with E-state index in [1.807, 2.05) is 92.7 Å². The van der Waals surface area contributed by atoms with Crippen molar-refractivity contribution in [2.24, 2.45) is 0 Å².